The molecule has 172 valence electrons. The van der Waals surface area contributed by atoms with Gasteiger partial charge in [0.1, 0.15) is 17.0 Å². The molecular weight excluding hydrogens is 438 g/mol. The molecule has 1 atom stereocenters. The number of rotatable bonds is 4. The molecule has 33 heavy (non-hydrogen) atoms. The number of carbonyl (C=O) groups is 2. The monoisotopic (exact) mass is 465 g/mol. The Kier molecular flexibility index (Phi) is 5.57. The van der Waals surface area contributed by atoms with Crippen LogP contribution in [0.5, 0.6) is 5.75 Å². The molecule has 2 amide bonds. The molecule has 2 heterocycles. The van der Waals surface area contributed by atoms with Gasteiger partial charge in [0.2, 0.25) is 5.91 Å². The fourth-order valence-electron chi connectivity index (χ4n) is 5.23. The van der Waals surface area contributed by atoms with Gasteiger partial charge in [0.05, 0.1) is 18.7 Å². The van der Waals surface area contributed by atoms with Gasteiger partial charge in [0.25, 0.3) is 5.91 Å². The molecule has 0 spiro atoms. The largest absolute Gasteiger partial charge is 0.495 e. The van der Waals surface area contributed by atoms with Crippen LogP contribution in [0.2, 0.25) is 5.02 Å². The van der Waals surface area contributed by atoms with Crippen LogP contribution >= 0.6 is 11.6 Å². The Morgan fingerprint density at radius 1 is 1.12 bits per heavy atom. The number of aromatic nitrogens is 1. The number of nitrogens with one attached hydrogen (secondary N) is 1. The summed E-state index contributed by atoms with van der Waals surface area (Å²) in [6, 6.07) is 15.1. The Bertz CT molecular complexity index is 1230. The molecule has 1 fully saturated rings. The van der Waals surface area contributed by atoms with Crippen molar-refractivity contribution >= 4 is 40.0 Å². The van der Waals surface area contributed by atoms with Crippen molar-refractivity contribution in [3.63, 3.8) is 0 Å². The lowest BCUT2D eigenvalue weighted by molar-refractivity contribution is -0.127. The van der Waals surface area contributed by atoms with Crippen molar-refractivity contribution < 1.29 is 14.3 Å². The van der Waals surface area contributed by atoms with Gasteiger partial charge in [-0.25, -0.2) is 0 Å². The van der Waals surface area contributed by atoms with Gasteiger partial charge in [-0.1, -0.05) is 49.1 Å². The van der Waals surface area contributed by atoms with Crippen LogP contribution in [-0.2, 0) is 11.3 Å². The van der Waals surface area contributed by atoms with E-state index in [0.29, 0.717) is 28.7 Å². The topological polar surface area (TPSA) is 63.6 Å². The molecule has 3 aromatic rings. The van der Waals surface area contributed by atoms with E-state index in [1.807, 2.05) is 41.8 Å². The third-order valence-electron chi connectivity index (χ3n) is 7.02. The van der Waals surface area contributed by atoms with E-state index in [-0.39, 0.29) is 17.9 Å². The smallest absolute Gasteiger partial charge is 0.275 e. The van der Waals surface area contributed by atoms with E-state index in [0.717, 1.165) is 36.6 Å². The van der Waals surface area contributed by atoms with Crippen molar-refractivity contribution in [1.29, 1.82) is 0 Å². The number of benzene rings is 2. The van der Waals surface area contributed by atoms with Crippen LogP contribution in [-0.4, -0.2) is 35.1 Å². The minimum absolute atomic E-state index is 0.141. The molecule has 1 saturated carbocycles. The number of para-hydroxylation sites is 1. The highest BCUT2D eigenvalue weighted by Crippen LogP contribution is 2.38. The van der Waals surface area contributed by atoms with Gasteiger partial charge in [-0.15, -0.1) is 0 Å². The van der Waals surface area contributed by atoms with Crippen molar-refractivity contribution in [3.05, 3.63) is 59.2 Å². The normalized spacial score (nSPS) is 21.2. The number of hydrogen-bond donors (Lipinski definition) is 1. The highest BCUT2D eigenvalue weighted by atomic mass is 35.5. The zero-order valence-electron chi connectivity index (χ0n) is 18.9. The standard InChI is InChI=1S/C26H28ClN3O3/c1-26(25(32)28-18-9-4-3-5-10-18)16-29-21-11-7-6-8-17(21)14-22(29)24(31)30(26)19-12-13-23(33-2)20(27)15-19/h6-8,11-15,18H,3-5,9-10,16H2,1-2H3,(H,28,32)/t26-/m1/s1. The number of anilines is 1. The molecule has 1 aliphatic heterocycles. The second-order valence-corrected chi connectivity index (χ2v) is 9.62. The van der Waals surface area contributed by atoms with Crippen molar-refractivity contribution in [2.45, 2.75) is 57.2 Å². The van der Waals surface area contributed by atoms with E-state index >= 15 is 0 Å². The lowest BCUT2D eigenvalue weighted by Gasteiger charge is -2.44. The van der Waals surface area contributed by atoms with Gasteiger partial charge in [0, 0.05) is 22.6 Å². The Hall–Kier alpha value is -2.99. The summed E-state index contributed by atoms with van der Waals surface area (Å²) in [5, 5.41) is 4.62. The molecular formula is C26H28ClN3O3. The number of amides is 2. The Morgan fingerprint density at radius 2 is 1.88 bits per heavy atom. The van der Waals surface area contributed by atoms with E-state index in [4.69, 9.17) is 16.3 Å². The van der Waals surface area contributed by atoms with Crippen molar-refractivity contribution in [3.8, 4) is 5.75 Å². The highest BCUT2D eigenvalue weighted by Gasteiger charge is 2.49. The predicted molar refractivity (Wildman–Crippen MR) is 130 cm³/mol. The summed E-state index contributed by atoms with van der Waals surface area (Å²) >= 11 is 6.42. The number of hydrogen-bond acceptors (Lipinski definition) is 3. The fourth-order valence-corrected chi connectivity index (χ4v) is 5.48. The number of carbonyl (C=O) groups excluding carboxylic acids is 2. The van der Waals surface area contributed by atoms with Crippen LogP contribution < -0.4 is 15.0 Å². The minimum atomic E-state index is -1.12. The van der Waals surface area contributed by atoms with Crippen molar-refractivity contribution in [2.24, 2.45) is 0 Å². The summed E-state index contributed by atoms with van der Waals surface area (Å²) in [5.41, 5.74) is 0.959. The number of methoxy groups -OCH3 is 1. The maximum atomic E-state index is 13.9. The molecule has 7 heteroatoms. The summed E-state index contributed by atoms with van der Waals surface area (Å²) < 4.78 is 7.26. The second-order valence-electron chi connectivity index (χ2n) is 9.22. The zero-order valence-corrected chi connectivity index (χ0v) is 19.7. The summed E-state index contributed by atoms with van der Waals surface area (Å²) in [6.07, 6.45) is 5.39. The van der Waals surface area contributed by atoms with Crippen LogP contribution in [0.15, 0.2) is 48.5 Å². The summed E-state index contributed by atoms with van der Waals surface area (Å²) in [5.74, 6) is 0.158. The molecule has 5 rings (SSSR count). The van der Waals surface area contributed by atoms with Crippen LogP contribution in [0, 0.1) is 0 Å². The maximum absolute atomic E-state index is 13.9. The fraction of sp³-hybridized carbons (Fsp3) is 0.385. The van der Waals surface area contributed by atoms with Gasteiger partial charge >= 0.3 is 0 Å². The van der Waals surface area contributed by atoms with Gasteiger partial charge < -0.3 is 14.6 Å². The average molecular weight is 466 g/mol. The van der Waals surface area contributed by atoms with E-state index in [2.05, 4.69) is 5.32 Å². The van der Waals surface area contributed by atoms with Crippen LogP contribution in [0.25, 0.3) is 10.9 Å². The average Bonchev–Trinajstić information content (AvgIpc) is 3.18. The van der Waals surface area contributed by atoms with Crippen LogP contribution in [0.3, 0.4) is 0 Å². The van der Waals surface area contributed by atoms with E-state index < -0.39 is 5.54 Å². The molecule has 1 aliphatic carbocycles. The molecule has 1 N–H and O–H groups in total. The van der Waals surface area contributed by atoms with Crippen molar-refractivity contribution in [2.75, 3.05) is 12.0 Å². The number of halogens is 1. The molecule has 0 radical (unpaired) electrons. The first-order valence-electron chi connectivity index (χ1n) is 11.5. The maximum Gasteiger partial charge on any atom is 0.275 e. The van der Waals surface area contributed by atoms with Crippen LogP contribution in [0.1, 0.15) is 49.5 Å². The minimum Gasteiger partial charge on any atom is -0.495 e. The zero-order chi connectivity index (χ0) is 23.2. The van der Waals surface area contributed by atoms with Gasteiger partial charge in [-0.05, 0) is 50.1 Å². The Balaban J connectivity index is 1.62. The third-order valence-corrected chi connectivity index (χ3v) is 7.31. The number of fused-ring (bicyclic) bond motifs is 3. The van der Waals surface area contributed by atoms with E-state index in [1.54, 1.807) is 30.2 Å². The second kappa shape index (κ2) is 8.41. The SMILES string of the molecule is COc1ccc(N2C(=O)c3cc4ccccc4n3C[C@]2(C)C(=O)NC2CCCCC2)cc1Cl. The number of nitrogens with zero attached hydrogens (tertiary/aromatic N) is 2. The predicted octanol–water partition coefficient (Wildman–Crippen LogP) is 5.17. The van der Waals surface area contributed by atoms with Crippen LogP contribution in [0.4, 0.5) is 5.69 Å². The first kappa shape index (κ1) is 21.8. The van der Waals surface area contributed by atoms with E-state index in [9.17, 15) is 9.59 Å². The Labute approximate surface area is 198 Å². The molecule has 6 nitrogen and oxygen atoms in total. The quantitative estimate of drug-likeness (QED) is 0.578. The lowest BCUT2D eigenvalue weighted by atomic mass is 9.91. The molecule has 0 bridgehead atoms. The van der Waals surface area contributed by atoms with Gasteiger partial charge in [-0.3, -0.25) is 14.5 Å². The summed E-state index contributed by atoms with van der Waals surface area (Å²) in [6.45, 7) is 2.20. The molecule has 2 aliphatic rings. The first-order chi connectivity index (χ1) is 15.9. The molecule has 1 aromatic heterocycles. The molecule has 2 aromatic carbocycles. The Morgan fingerprint density at radius 3 is 2.61 bits per heavy atom. The van der Waals surface area contributed by atoms with Crippen molar-refractivity contribution in [1.82, 2.24) is 9.88 Å². The number of ether oxygens (including phenoxy) is 1. The summed E-state index contributed by atoms with van der Waals surface area (Å²) in [4.78, 5) is 29.3. The van der Waals surface area contributed by atoms with Gasteiger partial charge in [-0.2, -0.15) is 0 Å². The third kappa shape index (κ3) is 3.66. The first-order valence-corrected chi connectivity index (χ1v) is 11.9. The van der Waals surface area contributed by atoms with E-state index in [1.165, 1.54) is 6.42 Å². The van der Waals surface area contributed by atoms with Gasteiger partial charge in [0.15, 0.2) is 0 Å². The lowest BCUT2D eigenvalue weighted by Crippen LogP contribution is -2.65. The molecule has 0 unspecified atom stereocenters. The summed E-state index contributed by atoms with van der Waals surface area (Å²) in [7, 11) is 1.55. The molecule has 0 saturated heterocycles. The highest BCUT2D eigenvalue weighted by molar-refractivity contribution is 6.32.